The molecule has 0 saturated heterocycles. The van der Waals surface area contributed by atoms with Crippen LogP contribution in [0.25, 0.3) is 0 Å². The summed E-state index contributed by atoms with van der Waals surface area (Å²) in [4.78, 5) is 11.8. The fourth-order valence-electron chi connectivity index (χ4n) is 3.02. The molecule has 1 aliphatic rings. The van der Waals surface area contributed by atoms with Crippen LogP contribution in [0.3, 0.4) is 0 Å². The normalized spacial score (nSPS) is 15.3. The first kappa shape index (κ1) is 16.3. The number of unbranched alkanes of at least 4 members (excludes halogenated alkanes) is 7. The number of hydrogen-bond acceptors (Lipinski definition) is 3. The van der Waals surface area contributed by atoms with E-state index in [2.05, 4.69) is 10.2 Å². The Bertz CT molecular complexity index is 447. The van der Waals surface area contributed by atoms with Gasteiger partial charge in [0.15, 0.2) is 0 Å². The Labute approximate surface area is 127 Å². The van der Waals surface area contributed by atoms with Gasteiger partial charge in [0.2, 0.25) is 0 Å². The van der Waals surface area contributed by atoms with E-state index in [1.807, 2.05) is 4.57 Å². The third-order valence-electron chi connectivity index (χ3n) is 4.57. The van der Waals surface area contributed by atoms with Crippen molar-refractivity contribution in [3.05, 3.63) is 16.3 Å². The molecule has 0 bridgehead atoms. The van der Waals surface area contributed by atoms with Gasteiger partial charge < -0.3 is 5.73 Å². The van der Waals surface area contributed by atoms with Crippen molar-refractivity contribution >= 4 is 0 Å². The van der Waals surface area contributed by atoms with Crippen molar-refractivity contribution in [1.82, 2.24) is 14.8 Å². The molecule has 21 heavy (non-hydrogen) atoms. The van der Waals surface area contributed by atoms with Crippen molar-refractivity contribution in [2.45, 2.75) is 83.1 Å². The number of H-pyrrole nitrogens is 1. The molecule has 1 aromatic rings. The van der Waals surface area contributed by atoms with Crippen LogP contribution in [-0.2, 0) is 6.42 Å². The summed E-state index contributed by atoms with van der Waals surface area (Å²) >= 11 is 0. The number of aryl methyl sites for hydroxylation is 1. The molecule has 1 aliphatic carbocycles. The maximum absolute atomic E-state index is 11.8. The molecular weight excluding hydrogens is 264 g/mol. The molecule has 0 atom stereocenters. The van der Waals surface area contributed by atoms with Crippen LogP contribution < -0.4 is 11.4 Å². The zero-order valence-corrected chi connectivity index (χ0v) is 13.1. The van der Waals surface area contributed by atoms with Crippen molar-refractivity contribution in [2.24, 2.45) is 5.73 Å². The van der Waals surface area contributed by atoms with Gasteiger partial charge in [-0.05, 0) is 38.6 Å². The molecule has 120 valence electrons. The van der Waals surface area contributed by atoms with Crippen LogP contribution in [-0.4, -0.2) is 21.3 Å². The molecule has 1 heterocycles. The van der Waals surface area contributed by atoms with E-state index in [0.717, 1.165) is 44.5 Å². The van der Waals surface area contributed by atoms with Gasteiger partial charge in [0.05, 0.1) is 0 Å². The van der Waals surface area contributed by atoms with Crippen molar-refractivity contribution < 1.29 is 0 Å². The lowest BCUT2D eigenvalue weighted by atomic mass is 9.93. The minimum absolute atomic E-state index is 0.0189. The molecule has 1 aromatic heterocycles. The van der Waals surface area contributed by atoms with E-state index in [4.69, 9.17) is 5.73 Å². The molecule has 0 unspecified atom stereocenters. The molecule has 1 saturated carbocycles. The van der Waals surface area contributed by atoms with Crippen molar-refractivity contribution in [2.75, 3.05) is 6.54 Å². The Hall–Kier alpha value is -1.10. The first-order chi connectivity index (χ1) is 10.3. The fourth-order valence-corrected chi connectivity index (χ4v) is 3.02. The summed E-state index contributed by atoms with van der Waals surface area (Å²) in [6.45, 7) is 0.826. The Morgan fingerprint density at radius 2 is 1.67 bits per heavy atom. The Kier molecular flexibility index (Phi) is 7.00. The number of aromatic amines is 1. The van der Waals surface area contributed by atoms with Gasteiger partial charge in [0.25, 0.3) is 0 Å². The largest absolute Gasteiger partial charge is 0.343 e. The smallest absolute Gasteiger partial charge is 0.330 e. The van der Waals surface area contributed by atoms with Gasteiger partial charge in [-0.25, -0.2) is 9.89 Å². The van der Waals surface area contributed by atoms with Crippen LogP contribution in [0.4, 0.5) is 0 Å². The van der Waals surface area contributed by atoms with E-state index >= 15 is 0 Å². The van der Waals surface area contributed by atoms with Gasteiger partial charge in [-0.3, -0.25) is 4.57 Å². The predicted octanol–water partition coefficient (Wildman–Crippen LogP) is 2.92. The summed E-state index contributed by atoms with van der Waals surface area (Å²) in [5.74, 6) is 0.965. The highest BCUT2D eigenvalue weighted by Gasteiger charge is 2.24. The molecule has 1 fully saturated rings. The topological polar surface area (TPSA) is 76.7 Å². The average Bonchev–Trinajstić information content (AvgIpc) is 2.77. The number of aromatic nitrogens is 3. The van der Waals surface area contributed by atoms with Crippen molar-refractivity contribution in [3.8, 4) is 0 Å². The highest BCUT2D eigenvalue weighted by Crippen LogP contribution is 2.31. The van der Waals surface area contributed by atoms with E-state index in [0.29, 0.717) is 6.04 Å². The monoisotopic (exact) mass is 294 g/mol. The molecule has 0 aromatic carbocycles. The summed E-state index contributed by atoms with van der Waals surface area (Å²) < 4.78 is 1.90. The summed E-state index contributed by atoms with van der Waals surface area (Å²) in [6.07, 6.45) is 14.5. The Morgan fingerprint density at radius 1 is 1.05 bits per heavy atom. The van der Waals surface area contributed by atoms with Gasteiger partial charge in [-0.2, -0.15) is 5.10 Å². The first-order valence-corrected chi connectivity index (χ1v) is 8.69. The van der Waals surface area contributed by atoms with Crippen LogP contribution in [0.15, 0.2) is 4.79 Å². The molecular formula is C16H30N4O. The zero-order chi connectivity index (χ0) is 14.9. The van der Waals surface area contributed by atoms with Gasteiger partial charge in [0, 0.05) is 12.5 Å². The Balaban J connectivity index is 1.58. The summed E-state index contributed by atoms with van der Waals surface area (Å²) in [5.41, 5.74) is 5.46. The zero-order valence-electron chi connectivity index (χ0n) is 13.1. The maximum Gasteiger partial charge on any atom is 0.343 e. The van der Waals surface area contributed by atoms with Crippen LogP contribution in [0, 0.1) is 0 Å². The number of nitrogens with two attached hydrogens (primary N) is 1. The van der Waals surface area contributed by atoms with Gasteiger partial charge in [-0.15, -0.1) is 0 Å². The molecule has 0 radical (unpaired) electrons. The lowest BCUT2D eigenvalue weighted by molar-refractivity contribution is 0.299. The van der Waals surface area contributed by atoms with E-state index in [-0.39, 0.29) is 5.69 Å². The van der Waals surface area contributed by atoms with Crippen LogP contribution in [0.2, 0.25) is 0 Å². The highest BCUT2D eigenvalue weighted by molar-refractivity contribution is 4.93. The highest BCUT2D eigenvalue weighted by atomic mass is 16.1. The summed E-state index contributed by atoms with van der Waals surface area (Å²) in [5, 5.41) is 6.81. The molecule has 0 aliphatic heterocycles. The van der Waals surface area contributed by atoms with Crippen molar-refractivity contribution in [3.63, 3.8) is 0 Å². The second kappa shape index (κ2) is 9.03. The summed E-state index contributed by atoms with van der Waals surface area (Å²) in [7, 11) is 0. The minimum Gasteiger partial charge on any atom is -0.330 e. The Morgan fingerprint density at radius 3 is 2.24 bits per heavy atom. The number of nitrogens with zero attached hydrogens (tertiary/aromatic N) is 2. The molecule has 5 heteroatoms. The number of nitrogens with one attached hydrogen (secondary N) is 1. The molecule has 0 spiro atoms. The molecule has 5 nitrogen and oxygen atoms in total. The fraction of sp³-hybridized carbons (Fsp3) is 0.875. The molecule has 0 amide bonds. The quantitative estimate of drug-likeness (QED) is 0.616. The first-order valence-electron chi connectivity index (χ1n) is 8.69. The van der Waals surface area contributed by atoms with Crippen molar-refractivity contribution in [1.29, 1.82) is 0 Å². The third kappa shape index (κ3) is 4.99. The predicted molar refractivity (Wildman–Crippen MR) is 85.4 cm³/mol. The minimum atomic E-state index is -0.0189. The number of hydrogen-bond donors (Lipinski definition) is 2. The SMILES string of the molecule is NCCCCCCCCCCc1n[nH]c(=O)n1C1CCC1. The standard InChI is InChI=1S/C16H30N4O/c17-13-8-6-4-2-1-3-5-7-12-15-18-19-16(21)20(15)14-10-9-11-14/h14H,1-13,17H2,(H,19,21). The average molecular weight is 294 g/mol. The third-order valence-corrected chi connectivity index (χ3v) is 4.57. The van der Waals surface area contributed by atoms with Crippen LogP contribution in [0.5, 0.6) is 0 Å². The maximum atomic E-state index is 11.8. The van der Waals surface area contributed by atoms with Crippen LogP contribution in [0.1, 0.15) is 82.5 Å². The molecule has 3 N–H and O–H groups in total. The van der Waals surface area contributed by atoms with Gasteiger partial charge >= 0.3 is 5.69 Å². The van der Waals surface area contributed by atoms with Gasteiger partial charge in [0.1, 0.15) is 5.82 Å². The number of rotatable bonds is 11. The lowest BCUT2D eigenvalue weighted by Gasteiger charge is -2.26. The summed E-state index contributed by atoms with van der Waals surface area (Å²) in [6, 6.07) is 0.411. The second-order valence-corrected chi connectivity index (χ2v) is 6.27. The van der Waals surface area contributed by atoms with E-state index < -0.39 is 0 Å². The second-order valence-electron chi connectivity index (χ2n) is 6.27. The lowest BCUT2D eigenvalue weighted by Crippen LogP contribution is -2.28. The van der Waals surface area contributed by atoms with Crippen LogP contribution >= 0.6 is 0 Å². The van der Waals surface area contributed by atoms with E-state index in [9.17, 15) is 4.79 Å². The molecule has 2 rings (SSSR count). The van der Waals surface area contributed by atoms with E-state index in [1.165, 1.54) is 44.9 Å². The van der Waals surface area contributed by atoms with Gasteiger partial charge in [-0.1, -0.05) is 38.5 Å². The van der Waals surface area contributed by atoms with E-state index in [1.54, 1.807) is 0 Å².